The largest absolute Gasteiger partial charge is 0.491 e. The van der Waals surface area contributed by atoms with Crippen molar-refractivity contribution < 1.29 is 77.0 Å². The molecule has 22 heteroatoms. The summed E-state index contributed by atoms with van der Waals surface area (Å²) in [6.07, 6.45) is -7.11. The van der Waals surface area contributed by atoms with Crippen molar-refractivity contribution >= 4 is 15.8 Å². The lowest BCUT2D eigenvalue weighted by molar-refractivity contribution is -0.318. The molecule has 0 bridgehead atoms. The predicted molar refractivity (Wildman–Crippen MR) is 268 cm³/mol. The van der Waals surface area contributed by atoms with Crippen LogP contribution in [0.15, 0.2) is 35.4 Å². The Morgan fingerprint density at radius 2 is 1.63 bits per heavy atom. The topological polar surface area (TPSA) is 274 Å². The maximum absolute atomic E-state index is 14.5. The molecule has 0 spiro atoms. The summed E-state index contributed by atoms with van der Waals surface area (Å²) in [5.74, 6) is -2.47. The third-order valence-electron chi connectivity index (χ3n) is 15.5. The van der Waals surface area contributed by atoms with E-state index in [0.29, 0.717) is 37.4 Å². The number of benzene rings is 1. The maximum atomic E-state index is 14.5. The number of esters is 1. The summed E-state index contributed by atoms with van der Waals surface area (Å²) >= 11 is 0. The molecule has 6 N–H and O–H groups in total. The van der Waals surface area contributed by atoms with Gasteiger partial charge in [-0.1, -0.05) is 26.0 Å². The van der Waals surface area contributed by atoms with Crippen LogP contribution in [-0.2, 0) is 56.0 Å². The fourth-order valence-corrected chi connectivity index (χ4v) is 11.5. The maximum Gasteiger partial charge on any atom is 0.311 e. The van der Waals surface area contributed by atoms with Gasteiger partial charge in [-0.15, -0.1) is 5.10 Å². The monoisotopic (exact) mass is 1060 g/mol. The van der Waals surface area contributed by atoms with Gasteiger partial charge >= 0.3 is 5.97 Å². The Kier molecular flexibility index (Phi) is 20.9. The lowest BCUT2D eigenvalue weighted by atomic mass is 9.77. The number of ether oxygens (including phenoxy) is 7. The number of cyclic esters (lactones) is 1. The van der Waals surface area contributed by atoms with Gasteiger partial charge in [-0.3, -0.25) is 4.79 Å². The second kappa shape index (κ2) is 25.0. The Bertz CT molecular complexity index is 2170. The molecule has 0 amide bonds. The van der Waals surface area contributed by atoms with E-state index in [1.807, 2.05) is 37.7 Å². The van der Waals surface area contributed by atoms with Crippen molar-refractivity contribution in [1.82, 2.24) is 24.8 Å². The van der Waals surface area contributed by atoms with Gasteiger partial charge in [0, 0.05) is 63.5 Å². The van der Waals surface area contributed by atoms with Gasteiger partial charge in [-0.2, -0.15) is 0 Å². The van der Waals surface area contributed by atoms with Crippen LogP contribution in [0.25, 0.3) is 0 Å². The van der Waals surface area contributed by atoms with E-state index >= 15 is 0 Å². The fraction of sp³-hybridized carbons (Fsp3) is 0.824. The Labute approximate surface area is 432 Å². The fourth-order valence-electron chi connectivity index (χ4n) is 10.9. The summed E-state index contributed by atoms with van der Waals surface area (Å²) in [5.41, 5.74) is -3.95. The molecular weight excluding hydrogens is 971 g/mol. The summed E-state index contributed by atoms with van der Waals surface area (Å²) in [4.78, 5) is 18.5. The quantitative estimate of drug-likeness (QED) is 0.131. The minimum absolute atomic E-state index is 0.0647. The molecule has 0 aliphatic carbocycles. The van der Waals surface area contributed by atoms with Gasteiger partial charge in [-0.25, -0.2) is 13.1 Å². The minimum Gasteiger partial charge on any atom is -0.491 e. The van der Waals surface area contributed by atoms with Crippen molar-refractivity contribution in [1.29, 1.82) is 0 Å². The summed E-state index contributed by atoms with van der Waals surface area (Å²) in [6.45, 7) is 18.2. The van der Waals surface area contributed by atoms with Crippen LogP contribution < -0.4 is 4.74 Å². The normalized spacial score (nSPS) is 39.4. The number of sulfone groups is 1. The first-order chi connectivity index (χ1) is 33.9. The second-order valence-corrected chi connectivity index (χ2v) is 24.1. The van der Waals surface area contributed by atoms with Crippen molar-refractivity contribution in [2.75, 3.05) is 47.2 Å². The average molecular weight is 1060 g/mol. The molecule has 3 aliphatic heterocycles. The first kappa shape index (κ1) is 60.9. The number of aromatic nitrogens is 3. The van der Waals surface area contributed by atoms with Gasteiger partial charge in [0.2, 0.25) is 0 Å². The van der Waals surface area contributed by atoms with Crippen LogP contribution in [0.4, 0.5) is 0 Å². The number of likely N-dealkylation sites (N-methyl/N-ethyl adjacent to an activating group) is 2. The summed E-state index contributed by atoms with van der Waals surface area (Å²) in [5, 5.41) is 78.8. The molecule has 3 fully saturated rings. The van der Waals surface area contributed by atoms with Crippen LogP contribution in [0, 0.1) is 17.8 Å². The SMILES string of the molecule is CC[C@H]1OC(=O)[C@H](C)[C@@H](O[C@H]2C[C@@](C)(OC)[C@@H](O)[C@H](C)O2)[C@H](C)[C@@H](O[C@@H]2O[C@H](C)C[C@H](N(C)CCc3cn(C[C@H](O)COc4ccc(S(C)(=O)=O)cc4)nn3)[C@H]2O)[C@](C)(O)C[C@@H](C)CN(C)[C@H](C)[C@@H](O)[C@]1(C)O. The lowest BCUT2D eigenvalue weighted by Crippen LogP contribution is -2.61. The Morgan fingerprint density at radius 1 is 0.973 bits per heavy atom. The molecule has 4 heterocycles. The summed E-state index contributed by atoms with van der Waals surface area (Å²) in [7, 11) is 1.84. The zero-order valence-corrected chi connectivity index (χ0v) is 46.2. The van der Waals surface area contributed by atoms with Crippen LogP contribution in [0.5, 0.6) is 5.75 Å². The van der Waals surface area contributed by atoms with Crippen molar-refractivity contribution in [2.24, 2.45) is 17.8 Å². The zero-order chi connectivity index (χ0) is 54.5. The van der Waals surface area contributed by atoms with Crippen LogP contribution in [-0.4, -0.2) is 213 Å². The van der Waals surface area contributed by atoms with Gasteiger partial charge in [0.15, 0.2) is 22.4 Å². The molecule has 1 aromatic heterocycles. The van der Waals surface area contributed by atoms with Crippen molar-refractivity contribution in [3.05, 3.63) is 36.2 Å². The number of carbonyl (C=O) groups excluding carboxylic acids is 1. The van der Waals surface area contributed by atoms with Crippen LogP contribution >= 0.6 is 0 Å². The Morgan fingerprint density at radius 3 is 2.25 bits per heavy atom. The highest BCUT2D eigenvalue weighted by atomic mass is 32.2. The van der Waals surface area contributed by atoms with E-state index in [0.717, 1.165) is 6.26 Å². The Hall–Kier alpha value is -2.94. The number of hydrogen-bond donors (Lipinski definition) is 6. The molecule has 1 aromatic carbocycles. The molecule has 0 radical (unpaired) electrons. The van der Waals surface area contributed by atoms with E-state index in [9.17, 15) is 43.9 Å². The molecule has 19 atom stereocenters. The highest BCUT2D eigenvalue weighted by molar-refractivity contribution is 7.90. The molecule has 5 rings (SSSR count). The highest BCUT2D eigenvalue weighted by Gasteiger charge is 2.53. The zero-order valence-electron chi connectivity index (χ0n) is 45.4. The molecule has 3 aliphatic rings. The molecule has 0 saturated carbocycles. The summed E-state index contributed by atoms with van der Waals surface area (Å²) in [6, 6.07) is 4.87. The van der Waals surface area contributed by atoms with E-state index in [1.165, 1.54) is 43.0 Å². The van der Waals surface area contributed by atoms with E-state index in [4.69, 9.17) is 33.2 Å². The number of methoxy groups -OCH3 is 1. The van der Waals surface area contributed by atoms with Crippen LogP contribution in [0.1, 0.15) is 101 Å². The van der Waals surface area contributed by atoms with E-state index < -0.39 is 124 Å². The van der Waals surface area contributed by atoms with Gasteiger partial charge in [0.25, 0.3) is 0 Å². The molecule has 0 unspecified atom stereocenters. The van der Waals surface area contributed by atoms with Crippen LogP contribution in [0.2, 0.25) is 0 Å². The molecule has 73 heavy (non-hydrogen) atoms. The summed E-state index contributed by atoms with van der Waals surface area (Å²) < 4.78 is 68.9. The molecule has 418 valence electrons. The Balaban J connectivity index is 1.38. The minimum atomic E-state index is -3.35. The number of nitrogens with zero attached hydrogens (tertiary/aromatic N) is 5. The molecule has 2 aromatic rings. The van der Waals surface area contributed by atoms with E-state index in [2.05, 4.69) is 10.3 Å². The van der Waals surface area contributed by atoms with Gasteiger partial charge in [-0.05, 0) is 112 Å². The number of aliphatic hydroxyl groups is 6. The van der Waals surface area contributed by atoms with Crippen molar-refractivity contribution in [3.8, 4) is 5.75 Å². The number of rotatable bonds is 16. The first-order valence-corrected chi connectivity index (χ1v) is 27.6. The number of aliphatic hydroxyl groups excluding tert-OH is 4. The molecule has 21 nitrogen and oxygen atoms in total. The smallest absolute Gasteiger partial charge is 0.311 e. The van der Waals surface area contributed by atoms with Crippen molar-refractivity contribution in [3.63, 3.8) is 0 Å². The number of carbonyl (C=O) groups is 1. The van der Waals surface area contributed by atoms with E-state index in [1.54, 1.807) is 54.7 Å². The average Bonchev–Trinajstić information content (AvgIpc) is 3.77. The van der Waals surface area contributed by atoms with Gasteiger partial charge in [0.05, 0.1) is 58.7 Å². The standard InChI is InChI=1S/C51H87N5O16S/c1-15-40-51(10,63)44(59)33(6)55(12)25-29(2)23-49(8,62)46(31(4)43(32(5)47(61)70-40)71-41-24-50(9,66-13)45(60)34(7)69-41)72-48-42(58)39(22-30(3)68-48)54(11)21-20-35-26-56(53-52-35)27-36(57)28-67-37-16-18-38(19-17-37)73(14,64)65/h16-19,26,29-34,36,39-46,48,57-60,62-63H,15,20-25,27-28H2,1-14H3/t29-,30-,31+,32-,33-,34+,36+,39+,40-,41+,42-,43+,44-,45+,46-,48+,49-,50-,51-/m1/s1. The van der Waals surface area contributed by atoms with Crippen LogP contribution in [0.3, 0.4) is 0 Å². The highest BCUT2D eigenvalue weighted by Crippen LogP contribution is 2.40. The first-order valence-electron chi connectivity index (χ1n) is 25.7. The lowest BCUT2D eigenvalue weighted by Gasteiger charge is -2.49. The predicted octanol–water partition coefficient (Wildman–Crippen LogP) is 1.95. The second-order valence-electron chi connectivity index (χ2n) is 22.1. The molecular formula is C51H87N5O16S. The van der Waals surface area contributed by atoms with Crippen molar-refractivity contribution in [2.45, 2.75) is 209 Å². The third-order valence-corrected chi connectivity index (χ3v) is 16.6. The molecule has 3 saturated heterocycles. The number of hydrogen-bond acceptors (Lipinski definition) is 20. The van der Waals surface area contributed by atoms with E-state index in [-0.39, 0.29) is 43.2 Å². The third kappa shape index (κ3) is 15.2. The van der Waals surface area contributed by atoms with Gasteiger partial charge < -0.3 is 73.6 Å². The van der Waals surface area contributed by atoms with Gasteiger partial charge in [0.1, 0.15) is 48.5 Å².